The van der Waals surface area contributed by atoms with Gasteiger partial charge in [-0.05, 0) is 35.7 Å². The number of rotatable bonds is 8. The number of anilines is 1. The van der Waals surface area contributed by atoms with Gasteiger partial charge in [-0.1, -0.05) is 36.4 Å². The van der Waals surface area contributed by atoms with E-state index in [1.54, 1.807) is 12.3 Å². The van der Waals surface area contributed by atoms with Gasteiger partial charge in [-0.2, -0.15) is 0 Å². The van der Waals surface area contributed by atoms with Crippen molar-refractivity contribution in [2.75, 3.05) is 18.9 Å². The van der Waals surface area contributed by atoms with Gasteiger partial charge >= 0.3 is 0 Å². The molecule has 0 aliphatic rings. The molecule has 0 aliphatic heterocycles. The van der Waals surface area contributed by atoms with Crippen molar-refractivity contribution in [1.82, 2.24) is 4.98 Å². The lowest BCUT2D eigenvalue weighted by molar-refractivity contribution is 0.234. The van der Waals surface area contributed by atoms with Crippen molar-refractivity contribution in [3.05, 3.63) is 72.9 Å². The lowest BCUT2D eigenvalue weighted by atomic mass is 10.1. The predicted octanol–water partition coefficient (Wildman–Crippen LogP) is 6.23. The van der Waals surface area contributed by atoms with Gasteiger partial charge in [0.25, 0.3) is 0 Å². The van der Waals surface area contributed by atoms with Gasteiger partial charge in [-0.15, -0.1) is 10.2 Å². The van der Waals surface area contributed by atoms with Crippen LogP contribution in [-0.2, 0) is 0 Å². The Hall–Kier alpha value is -3.46. The van der Waals surface area contributed by atoms with Crippen LogP contribution in [0.4, 0.5) is 17.1 Å². The van der Waals surface area contributed by atoms with Crippen LogP contribution in [0.5, 0.6) is 5.75 Å². The highest BCUT2D eigenvalue weighted by atomic mass is 32.2. The highest BCUT2D eigenvalue weighted by molar-refractivity contribution is 7.94. The molecule has 0 saturated carbocycles. The monoisotopic (exact) mass is 446 g/mol. The number of nitrogens with two attached hydrogens (primary N) is 1. The summed E-state index contributed by atoms with van der Waals surface area (Å²) >= 11 is 0.655. The Kier molecular flexibility index (Phi) is 6.96. The van der Waals surface area contributed by atoms with Gasteiger partial charge < -0.3 is 20.1 Å². The first-order valence-corrected chi connectivity index (χ1v) is 10.8. The van der Waals surface area contributed by atoms with Gasteiger partial charge in [-0.25, -0.2) is 0 Å². The number of para-hydroxylation sites is 1. The molecule has 0 fully saturated rings. The van der Waals surface area contributed by atoms with Crippen molar-refractivity contribution in [3.63, 3.8) is 0 Å². The SMILES string of the molecule is Nc1c(N=Nc2ccc(-c3ccccc3OCCCO)nc2)cc(SO)c2ccccc12. The van der Waals surface area contributed by atoms with E-state index in [1.807, 2.05) is 60.7 Å². The second-order valence-electron chi connectivity index (χ2n) is 6.97. The molecule has 4 N–H and O–H groups in total. The fraction of sp³-hybridized carbons (Fsp3) is 0.125. The molecule has 3 aromatic carbocycles. The van der Waals surface area contributed by atoms with Crippen molar-refractivity contribution in [2.24, 2.45) is 10.2 Å². The molecule has 4 aromatic rings. The molecular weight excluding hydrogens is 424 g/mol. The summed E-state index contributed by atoms with van der Waals surface area (Å²) in [5.74, 6) is 0.709. The van der Waals surface area contributed by atoms with Gasteiger partial charge in [0.1, 0.15) is 17.1 Å². The zero-order valence-electron chi connectivity index (χ0n) is 17.2. The number of azo groups is 1. The molecule has 7 nitrogen and oxygen atoms in total. The molecular formula is C24H22N4O3S. The number of fused-ring (bicyclic) bond motifs is 1. The largest absolute Gasteiger partial charge is 0.493 e. The standard InChI is InChI=1S/C24H22N4O3S/c25-24-18-7-2-1-6-17(18)23(32-30)14-21(24)28-27-16-10-11-20(26-15-16)19-8-3-4-9-22(19)31-13-5-12-29/h1-4,6-11,14-15,29-30H,5,12-13,25H2. The van der Waals surface area contributed by atoms with E-state index in [0.717, 1.165) is 22.0 Å². The molecule has 4 rings (SSSR count). The Morgan fingerprint density at radius 3 is 2.50 bits per heavy atom. The third-order valence-electron chi connectivity index (χ3n) is 4.87. The Morgan fingerprint density at radius 2 is 1.75 bits per heavy atom. The highest BCUT2D eigenvalue weighted by Gasteiger charge is 2.10. The smallest absolute Gasteiger partial charge is 0.128 e. The summed E-state index contributed by atoms with van der Waals surface area (Å²) in [5.41, 5.74) is 9.43. The first-order valence-electron chi connectivity index (χ1n) is 10.0. The number of aliphatic hydroxyl groups is 1. The Bertz CT molecular complexity index is 1250. The maximum atomic E-state index is 9.64. The molecule has 0 amide bonds. The molecule has 0 spiro atoms. The van der Waals surface area contributed by atoms with E-state index in [9.17, 15) is 4.55 Å². The maximum absolute atomic E-state index is 9.64. The average molecular weight is 447 g/mol. The molecule has 0 bridgehead atoms. The number of aromatic nitrogens is 1. The summed E-state index contributed by atoms with van der Waals surface area (Å²) in [6.45, 7) is 0.515. The fourth-order valence-corrected chi connectivity index (χ4v) is 3.72. The Balaban J connectivity index is 1.58. The molecule has 32 heavy (non-hydrogen) atoms. The zero-order chi connectivity index (χ0) is 22.3. The summed E-state index contributed by atoms with van der Waals surface area (Å²) in [6.07, 6.45) is 2.19. The van der Waals surface area contributed by atoms with Crippen LogP contribution in [0.1, 0.15) is 6.42 Å². The third kappa shape index (κ3) is 4.72. The van der Waals surface area contributed by atoms with Crippen LogP contribution in [0.2, 0.25) is 0 Å². The minimum atomic E-state index is 0.0837. The normalized spacial score (nSPS) is 11.3. The average Bonchev–Trinajstić information content (AvgIpc) is 2.85. The van der Waals surface area contributed by atoms with E-state index in [4.69, 9.17) is 15.6 Å². The molecule has 1 heterocycles. The maximum Gasteiger partial charge on any atom is 0.128 e. The summed E-state index contributed by atoms with van der Waals surface area (Å²) in [6, 6.07) is 20.6. The molecule has 0 aliphatic carbocycles. The van der Waals surface area contributed by atoms with Crippen LogP contribution >= 0.6 is 12.0 Å². The van der Waals surface area contributed by atoms with Crippen LogP contribution in [-0.4, -0.2) is 27.9 Å². The molecule has 1 aromatic heterocycles. The van der Waals surface area contributed by atoms with Crippen molar-refractivity contribution in [1.29, 1.82) is 0 Å². The topological polar surface area (TPSA) is 113 Å². The van der Waals surface area contributed by atoms with E-state index in [0.29, 0.717) is 52.8 Å². The Labute approximate surface area is 189 Å². The van der Waals surface area contributed by atoms with Gasteiger partial charge in [0.15, 0.2) is 0 Å². The first-order chi connectivity index (χ1) is 15.7. The van der Waals surface area contributed by atoms with Crippen molar-refractivity contribution in [2.45, 2.75) is 11.3 Å². The summed E-state index contributed by atoms with van der Waals surface area (Å²) in [7, 11) is 0. The number of pyridine rings is 1. The first kappa shape index (κ1) is 21.8. The minimum Gasteiger partial charge on any atom is -0.493 e. The lowest BCUT2D eigenvalue weighted by Gasteiger charge is -2.10. The molecule has 0 unspecified atom stereocenters. The quantitative estimate of drug-likeness (QED) is 0.128. The van der Waals surface area contributed by atoms with Crippen LogP contribution in [0.3, 0.4) is 0 Å². The van der Waals surface area contributed by atoms with Crippen molar-refractivity contribution in [3.8, 4) is 17.0 Å². The fourth-order valence-electron chi connectivity index (χ4n) is 3.28. The molecule has 162 valence electrons. The number of aliphatic hydroxyl groups excluding tert-OH is 1. The van der Waals surface area contributed by atoms with Crippen LogP contribution in [0.15, 0.2) is 88.1 Å². The van der Waals surface area contributed by atoms with E-state index in [2.05, 4.69) is 15.2 Å². The van der Waals surface area contributed by atoms with Gasteiger partial charge in [-0.3, -0.25) is 4.98 Å². The number of hydrogen-bond donors (Lipinski definition) is 3. The number of nitrogens with zero attached hydrogens (tertiary/aromatic N) is 3. The second-order valence-corrected chi connectivity index (χ2v) is 7.59. The number of benzene rings is 3. The van der Waals surface area contributed by atoms with E-state index >= 15 is 0 Å². The number of ether oxygens (including phenoxy) is 1. The second kappa shape index (κ2) is 10.2. The van der Waals surface area contributed by atoms with E-state index in [-0.39, 0.29) is 6.61 Å². The van der Waals surface area contributed by atoms with Gasteiger partial charge in [0, 0.05) is 40.9 Å². The lowest BCUT2D eigenvalue weighted by Crippen LogP contribution is -2.01. The van der Waals surface area contributed by atoms with Gasteiger partial charge in [0.05, 0.1) is 24.2 Å². The van der Waals surface area contributed by atoms with E-state index < -0.39 is 0 Å². The minimum absolute atomic E-state index is 0.0837. The predicted molar refractivity (Wildman–Crippen MR) is 128 cm³/mol. The van der Waals surface area contributed by atoms with Crippen LogP contribution < -0.4 is 10.5 Å². The molecule has 0 radical (unpaired) electrons. The van der Waals surface area contributed by atoms with Crippen LogP contribution in [0, 0.1) is 0 Å². The van der Waals surface area contributed by atoms with Crippen molar-refractivity contribution < 1.29 is 14.4 Å². The van der Waals surface area contributed by atoms with E-state index in [1.165, 1.54) is 0 Å². The van der Waals surface area contributed by atoms with Crippen LogP contribution in [0.25, 0.3) is 22.0 Å². The molecule has 0 atom stereocenters. The third-order valence-corrected chi connectivity index (χ3v) is 5.40. The number of hydrogen-bond acceptors (Lipinski definition) is 8. The molecule has 0 saturated heterocycles. The number of nitrogen functional groups attached to an aromatic ring is 1. The molecule has 8 heteroatoms. The zero-order valence-corrected chi connectivity index (χ0v) is 18.0. The summed E-state index contributed by atoms with van der Waals surface area (Å²) in [5, 5.41) is 19.2. The highest BCUT2D eigenvalue weighted by Crippen LogP contribution is 2.38. The Morgan fingerprint density at radius 1 is 0.969 bits per heavy atom. The summed E-state index contributed by atoms with van der Waals surface area (Å²) in [4.78, 5) is 5.16. The summed E-state index contributed by atoms with van der Waals surface area (Å²) < 4.78 is 15.4. The van der Waals surface area contributed by atoms with Crippen molar-refractivity contribution >= 4 is 39.9 Å². The van der Waals surface area contributed by atoms with Gasteiger partial charge in [0.2, 0.25) is 0 Å².